The summed E-state index contributed by atoms with van der Waals surface area (Å²) in [6.07, 6.45) is 0.169. The average molecular weight is 246 g/mol. The summed E-state index contributed by atoms with van der Waals surface area (Å²) < 4.78 is 0. The summed E-state index contributed by atoms with van der Waals surface area (Å²) in [5.74, 6) is -0.376. The van der Waals surface area contributed by atoms with E-state index < -0.39 is 0 Å². The number of amides is 1. The molecule has 0 aliphatic rings. The fourth-order valence-electron chi connectivity index (χ4n) is 1.80. The summed E-state index contributed by atoms with van der Waals surface area (Å²) in [6.45, 7) is 0. The number of nitrogens with two attached hydrogens (primary N) is 2. The highest BCUT2D eigenvalue weighted by atomic mass is 32.1. The molecule has 2 aromatic rings. The van der Waals surface area contributed by atoms with Crippen LogP contribution in [0.1, 0.15) is 18.0 Å². The Balaban J connectivity index is 2.37. The zero-order valence-corrected chi connectivity index (χ0v) is 10.1. The van der Waals surface area contributed by atoms with Gasteiger partial charge in [-0.2, -0.15) is 0 Å². The Bertz CT molecular complexity index is 508. The van der Waals surface area contributed by atoms with Gasteiger partial charge in [0.25, 0.3) is 0 Å². The molecule has 1 atom stereocenters. The average Bonchev–Trinajstić information content (AvgIpc) is 2.81. The number of primary amides is 1. The third-order valence-electron chi connectivity index (χ3n) is 2.57. The van der Waals surface area contributed by atoms with E-state index in [1.807, 2.05) is 41.8 Å². The van der Waals surface area contributed by atoms with Crippen molar-refractivity contribution in [2.24, 2.45) is 11.5 Å². The summed E-state index contributed by atoms with van der Waals surface area (Å²) in [5, 5.41) is 2.02. The number of hydrogen-bond donors (Lipinski definition) is 2. The van der Waals surface area contributed by atoms with Crippen LogP contribution in [0.25, 0.3) is 10.4 Å². The zero-order valence-electron chi connectivity index (χ0n) is 9.30. The van der Waals surface area contributed by atoms with Crippen molar-refractivity contribution in [2.45, 2.75) is 12.5 Å². The first kappa shape index (κ1) is 11.8. The molecule has 1 amide bonds. The zero-order chi connectivity index (χ0) is 12.3. The first-order valence-corrected chi connectivity index (χ1v) is 6.23. The topological polar surface area (TPSA) is 69.1 Å². The lowest BCUT2D eigenvalue weighted by molar-refractivity contribution is -0.118. The number of carbonyl (C=O) groups is 1. The lowest BCUT2D eigenvalue weighted by atomic mass is 9.97. The molecular weight excluding hydrogens is 232 g/mol. The van der Waals surface area contributed by atoms with Gasteiger partial charge in [-0.25, -0.2) is 0 Å². The van der Waals surface area contributed by atoms with Crippen LogP contribution in [-0.4, -0.2) is 5.91 Å². The van der Waals surface area contributed by atoms with Crippen LogP contribution in [0, 0.1) is 0 Å². The maximum absolute atomic E-state index is 10.9. The van der Waals surface area contributed by atoms with E-state index in [1.54, 1.807) is 11.3 Å². The smallest absolute Gasteiger partial charge is 0.219 e. The largest absolute Gasteiger partial charge is 0.370 e. The number of thiophene rings is 1. The minimum Gasteiger partial charge on any atom is -0.370 e. The Labute approximate surface area is 104 Å². The molecule has 3 nitrogen and oxygen atoms in total. The van der Waals surface area contributed by atoms with E-state index in [2.05, 4.69) is 0 Å². The van der Waals surface area contributed by atoms with Crippen LogP contribution in [0.2, 0.25) is 0 Å². The molecule has 1 aromatic heterocycles. The summed E-state index contributed by atoms with van der Waals surface area (Å²) >= 11 is 1.65. The van der Waals surface area contributed by atoms with E-state index in [9.17, 15) is 4.79 Å². The van der Waals surface area contributed by atoms with Crippen molar-refractivity contribution in [3.05, 3.63) is 47.3 Å². The summed E-state index contributed by atoms with van der Waals surface area (Å²) in [5.41, 5.74) is 13.2. The fraction of sp³-hybridized carbons (Fsp3) is 0.154. The van der Waals surface area contributed by atoms with E-state index in [0.717, 1.165) is 16.0 Å². The lowest BCUT2D eigenvalue weighted by Crippen LogP contribution is -2.21. The first-order chi connectivity index (χ1) is 8.18. The minimum atomic E-state index is -0.376. The van der Waals surface area contributed by atoms with E-state index >= 15 is 0 Å². The maximum Gasteiger partial charge on any atom is 0.219 e. The second-order valence-electron chi connectivity index (χ2n) is 3.84. The SMILES string of the molecule is NC(=O)CC(N)c1ccccc1-c1cccs1. The molecule has 0 fully saturated rings. The van der Waals surface area contributed by atoms with Crippen LogP contribution in [0.15, 0.2) is 41.8 Å². The molecule has 1 heterocycles. The van der Waals surface area contributed by atoms with Crippen molar-refractivity contribution in [1.29, 1.82) is 0 Å². The van der Waals surface area contributed by atoms with Crippen molar-refractivity contribution in [3.8, 4) is 10.4 Å². The molecule has 0 saturated heterocycles. The molecule has 88 valence electrons. The van der Waals surface area contributed by atoms with Crippen molar-refractivity contribution >= 4 is 17.2 Å². The fourth-order valence-corrected chi connectivity index (χ4v) is 2.58. The molecular formula is C13H14N2OS. The Hall–Kier alpha value is -1.65. The third kappa shape index (κ3) is 2.72. The minimum absolute atomic E-state index is 0.169. The van der Waals surface area contributed by atoms with Gasteiger partial charge in [0.1, 0.15) is 0 Å². The molecule has 1 aromatic carbocycles. The van der Waals surface area contributed by atoms with Gasteiger partial charge in [-0.3, -0.25) is 4.79 Å². The van der Waals surface area contributed by atoms with Crippen LogP contribution in [-0.2, 0) is 4.79 Å². The number of hydrogen-bond acceptors (Lipinski definition) is 3. The Morgan fingerprint density at radius 2 is 2.00 bits per heavy atom. The normalized spacial score (nSPS) is 12.3. The van der Waals surface area contributed by atoms with E-state index in [4.69, 9.17) is 11.5 Å². The molecule has 0 spiro atoms. The maximum atomic E-state index is 10.9. The molecule has 0 saturated carbocycles. The molecule has 0 bridgehead atoms. The van der Waals surface area contributed by atoms with Crippen LogP contribution in [0.3, 0.4) is 0 Å². The van der Waals surface area contributed by atoms with E-state index in [0.29, 0.717) is 0 Å². The van der Waals surface area contributed by atoms with Gasteiger partial charge in [0, 0.05) is 17.3 Å². The Morgan fingerprint density at radius 3 is 2.65 bits per heavy atom. The van der Waals surface area contributed by atoms with Gasteiger partial charge in [0.05, 0.1) is 0 Å². The van der Waals surface area contributed by atoms with Gasteiger partial charge in [-0.1, -0.05) is 30.3 Å². The number of rotatable bonds is 4. The molecule has 4 N–H and O–H groups in total. The summed E-state index contributed by atoms with van der Waals surface area (Å²) in [4.78, 5) is 12.1. The van der Waals surface area contributed by atoms with Gasteiger partial charge in [0.15, 0.2) is 0 Å². The molecule has 17 heavy (non-hydrogen) atoms. The summed E-state index contributed by atoms with van der Waals surface area (Å²) in [7, 11) is 0. The molecule has 0 aliphatic carbocycles. The monoisotopic (exact) mass is 246 g/mol. The standard InChI is InChI=1S/C13H14N2OS/c14-11(8-13(15)16)9-4-1-2-5-10(9)12-6-3-7-17-12/h1-7,11H,8,14H2,(H2,15,16). The Morgan fingerprint density at radius 1 is 1.24 bits per heavy atom. The molecule has 0 aliphatic heterocycles. The van der Waals surface area contributed by atoms with Crippen LogP contribution < -0.4 is 11.5 Å². The van der Waals surface area contributed by atoms with E-state index in [-0.39, 0.29) is 18.4 Å². The van der Waals surface area contributed by atoms with E-state index in [1.165, 1.54) is 0 Å². The van der Waals surface area contributed by atoms with Crippen molar-refractivity contribution < 1.29 is 4.79 Å². The predicted octanol–water partition coefficient (Wildman–Crippen LogP) is 2.29. The van der Waals surface area contributed by atoms with Gasteiger partial charge in [0.2, 0.25) is 5.91 Å². The molecule has 1 unspecified atom stereocenters. The highest BCUT2D eigenvalue weighted by Crippen LogP contribution is 2.31. The van der Waals surface area contributed by atoms with Crippen molar-refractivity contribution in [2.75, 3.05) is 0 Å². The molecule has 2 rings (SSSR count). The van der Waals surface area contributed by atoms with Crippen LogP contribution in [0.5, 0.6) is 0 Å². The van der Waals surface area contributed by atoms with Gasteiger partial charge >= 0.3 is 0 Å². The van der Waals surface area contributed by atoms with Gasteiger partial charge in [-0.15, -0.1) is 11.3 Å². The third-order valence-corrected chi connectivity index (χ3v) is 3.47. The second kappa shape index (κ2) is 5.12. The number of carbonyl (C=O) groups excluding carboxylic acids is 1. The van der Waals surface area contributed by atoms with Gasteiger partial charge in [-0.05, 0) is 22.6 Å². The lowest BCUT2D eigenvalue weighted by Gasteiger charge is -2.14. The first-order valence-electron chi connectivity index (χ1n) is 5.35. The molecule has 4 heteroatoms. The summed E-state index contributed by atoms with van der Waals surface area (Å²) in [6, 6.07) is 11.6. The van der Waals surface area contributed by atoms with Gasteiger partial charge < -0.3 is 11.5 Å². The highest BCUT2D eigenvalue weighted by molar-refractivity contribution is 7.13. The van der Waals surface area contributed by atoms with Crippen LogP contribution in [0.4, 0.5) is 0 Å². The quantitative estimate of drug-likeness (QED) is 0.869. The van der Waals surface area contributed by atoms with Crippen LogP contribution >= 0.6 is 11.3 Å². The molecule has 0 radical (unpaired) electrons. The number of benzene rings is 1. The highest BCUT2D eigenvalue weighted by Gasteiger charge is 2.14. The Kier molecular flexibility index (Phi) is 3.56. The predicted molar refractivity (Wildman–Crippen MR) is 70.5 cm³/mol. The van der Waals surface area contributed by atoms with Crippen molar-refractivity contribution in [3.63, 3.8) is 0 Å². The van der Waals surface area contributed by atoms with Crippen molar-refractivity contribution in [1.82, 2.24) is 0 Å². The second-order valence-corrected chi connectivity index (χ2v) is 4.79.